The number of carbonyl (C=O) groups excluding carboxylic acids is 2. The molecule has 0 atom stereocenters. The number of nitrogens with zero attached hydrogens (tertiary/aromatic N) is 1. The van der Waals surface area contributed by atoms with Crippen molar-refractivity contribution in [2.24, 2.45) is 4.99 Å². The summed E-state index contributed by atoms with van der Waals surface area (Å²) in [5, 5.41) is 2.37. The first-order valence-corrected chi connectivity index (χ1v) is 10.1. The largest absolute Gasteiger partial charge is 0.484 e. The van der Waals surface area contributed by atoms with Crippen LogP contribution in [0.2, 0.25) is 0 Å². The molecule has 0 aromatic heterocycles. The standard InChI is InChI=1S/C25H17F3N2O4/c26-25(27,28)18-7-4-8-19(14-18)29-22(31)15-33-20-11-9-16(10-12-20)13-21-24(32)34-23(30-21)17-5-2-1-3-6-17/h1-14H,15H2,(H,29,31)/b21-13-. The van der Waals surface area contributed by atoms with Gasteiger partial charge in [0.05, 0.1) is 5.56 Å². The maximum absolute atomic E-state index is 12.8. The molecule has 0 unspecified atom stereocenters. The van der Waals surface area contributed by atoms with E-state index in [2.05, 4.69) is 10.3 Å². The van der Waals surface area contributed by atoms with Crippen molar-refractivity contribution in [3.05, 3.63) is 101 Å². The second-order valence-corrected chi connectivity index (χ2v) is 7.19. The average Bonchev–Trinajstić information content (AvgIpc) is 3.19. The van der Waals surface area contributed by atoms with E-state index >= 15 is 0 Å². The van der Waals surface area contributed by atoms with E-state index in [1.165, 1.54) is 12.1 Å². The molecule has 6 nitrogen and oxygen atoms in total. The van der Waals surface area contributed by atoms with Gasteiger partial charge in [0, 0.05) is 11.3 Å². The van der Waals surface area contributed by atoms with E-state index in [1.807, 2.05) is 18.2 Å². The van der Waals surface area contributed by atoms with Crippen LogP contribution in [0.3, 0.4) is 0 Å². The molecule has 1 aliphatic rings. The van der Waals surface area contributed by atoms with E-state index in [4.69, 9.17) is 9.47 Å². The fourth-order valence-corrected chi connectivity index (χ4v) is 3.05. The normalized spacial score (nSPS) is 14.5. The molecule has 1 amide bonds. The molecule has 1 N–H and O–H groups in total. The SMILES string of the molecule is O=C(COc1ccc(/C=C2\N=C(c3ccccc3)OC2=O)cc1)Nc1cccc(C(F)(F)F)c1. The van der Waals surface area contributed by atoms with Gasteiger partial charge in [-0.15, -0.1) is 0 Å². The highest BCUT2D eigenvalue weighted by Gasteiger charge is 2.30. The first-order chi connectivity index (χ1) is 16.3. The van der Waals surface area contributed by atoms with E-state index in [-0.39, 0.29) is 17.3 Å². The highest BCUT2D eigenvalue weighted by atomic mass is 19.4. The van der Waals surface area contributed by atoms with Gasteiger partial charge in [0.25, 0.3) is 5.91 Å². The Morgan fingerprint density at radius 3 is 2.44 bits per heavy atom. The lowest BCUT2D eigenvalue weighted by molar-refractivity contribution is -0.137. The minimum absolute atomic E-state index is 0.0178. The molecule has 0 aliphatic carbocycles. The van der Waals surface area contributed by atoms with Crippen molar-refractivity contribution in [2.45, 2.75) is 6.18 Å². The summed E-state index contributed by atoms with van der Waals surface area (Å²) < 4.78 is 48.9. The molecule has 0 saturated heterocycles. The highest BCUT2D eigenvalue weighted by molar-refractivity contribution is 6.12. The number of amides is 1. The van der Waals surface area contributed by atoms with E-state index in [0.717, 1.165) is 12.1 Å². The monoisotopic (exact) mass is 466 g/mol. The molecular formula is C25H17F3N2O4. The topological polar surface area (TPSA) is 77.0 Å². The van der Waals surface area contributed by atoms with Crippen molar-refractivity contribution in [1.29, 1.82) is 0 Å². The lowest BCUT2D eigenvalue weighted by Crippen LogP contribution is -2.20. The number of rotatable bonds is 6. The van der Waals surface area contributed by atoms with Gasteiger partial charge in [-0.05, 0) is 54.1 Å². The average molecular weight is 466 g/mol. The quantitative estimate of drug-likeness (QED) is 0.407. The fraction of sp³-hybridized carbons (Fsp3) is 0.0800. The van der Waals surface area contributed by atoms with E-state index in [9.17, 15) is 22.8 Å². The Morgan fingerprint density at radius 2 is 1.74 bits per heavy atom. The third-order valence-corrected chi connectivity index (χ3v) is 4.67. The molecule has 34 heavy (non-hydrogen) atoms. The smallest absolute Gasteiger partial charge is 0.416 e. The van der Waals surface area contributed by atoms with Crippen LogP contribution in [-0.4, -0.2) is 24.4 Å². The van der Waals surface area contributed by atoms with Crippen LogP contribution in [0, 0.1) is 0 Å². The zero-order valence-corrected chi connectivity index (χ0v) is 17.5. The number of hydrogen-bond donors (Lipinski definition) is 1. The van der Waals surface area contributed by atoms with E-state index < -0.39 is 30.2 Å². The number of alkyl halides is 3. The number of nitrogens with one attached hydrogen (secondary N) is 1. The first kappa shape index (κ1) is 22.8. The third kappa shape index (κ3) is 5.69. The lowest BCUT2D eigenvalue weighted by Gasteiger charge is -2.10. The predicted molar refractivity (Wildman–Crippen MR) is 119 cm³/mol. The van der Waals surface area contributed by atoms with Gasteiger partial charge in [-0.1, -0.05) is 36.4 Å². The Labute approximate surface area is 192 Å². The number of esters is 1. The van der Waals surface area contributed by atoms with Crippen LogP contribution in [-0.2, 0) is 20.5 Å². The van der Waals surface area contributed by atoms with Crippen molar-refractivity contribution < 1.29 is 32.2 Å². The highest BCUT2D eigenvalue weighted by Crippen LogP contribution is 2.30. The Hall–Kier alpha value is -4.40. The molecule has 1 heterocycles. The van der Waals surface area contributed by atoms with Gasteiger partial charge in [-0.2, -0.15) is 13.2 Å². The second kappa shape index (κ2) is 9.62. The molecule has 0 saturated carbocycles. The van der Waals surface area contributed by atoms with Crippen molar-refractivity contribution in [3.63, 3.8) is 0 Å². The number of hydrogen-bond acceptors (Lipinski definition) is 5. The molecular weight excluding hydrogens is 449 g/mol. The van der Waals surface area contributed by atoms with Crippen LogP contribution < -0.4 is 10.1 Å². The van der Waals surface area contributed by atoms with Gasteiger partial charge < -0.3 is 14.8 Å². The summed E-state index contributed by atoms with van der Waals surface area (Å²) in [6, 6.07) is 19.9. The number of benzene rings is 3. The lowest BCUT2D eigenvalue weighted by atomic mass is 10.2. The molecule has 1 aliphatic heterocycles. The van der Waals surface area contributed by atoms with Crippen LogP contribution in [0.15, 0.2) is 89.6 Å². The minimum atomic E-state index is -4.50. The molecule has 172 valence electrons. The molecule has 9 heteroatoms. The zero-order chi connectivity index (χ0) is 24.1. The van der Waals surface area contributed by atoms with Gasteiger partial charge in [0.1, 0.15) is 5.75 Å². The Morgan fingerprint density at radius 1 is 1.00 bits per heavy atom. The molecule has 0 fully saturated rings. The maximum atomic E-state index is 12.8. The molecule has 0 spiro atoms. The predicted octanol–water partition coefficient (Wildman–Crippen LogP) is 5.07. The Balaban J connectivity index is 1.35. The third-order valence-electron chi connectivity index (χ3n) is 4.67. The molecule has 3 aromatic carbocycles. The van der Waals surface area contributed by atoms with Crippen LogP contribution in [0.4, 0.5) is 18.9 Å². The minimum Gasteiger partial charge on any atom is -0.484 e. The second-order valence-electron chi connectivity index (χ2n) is 7.19. The van der Waals surface area contributed by atoms with Gasteiger partial charge in [-0.25, -0.2) is 9.79 Å². The van der Waals surface area contributed by atoms with Crippen molar-refractivity contribution in [2.75, 3.05) is 11.9 Å². The van der Waals surface area contributed by atoms with Crippen LogP contribution in [0.25, 0.3) is 6.08 Å². The van der Waals surface area contributed by atoms with Gasteiger partial charge in [0.2, 0.25) is 5.90 Å². The summed E-state index contributed by atoms with van der Waals surface area (Å²) in [5.74, 6) is -0.583. The Kier molecular flexibility index (Phi) is 6.44. The molecule has 4 rings (SSSR count). The summed E-state index contributed by atoms with van der Waals surface area (Å²) in [6.45, 7) is -0.395. The summed E-state index contributed by atoms with van der Waals surface area (Å²) in [5.41, 5.74) is 0.650. The van der Waals surface area contributed by atoms with Gasteiger partial charge in [-0.3, -0.25) is 4.79 Å². The molecule has 0 bridgehead atoms. The van der Waals surface area contributed by atoms with Gasteiger partial charge >= 0.3 is 12.1 Å². The molecule has 3 aromatic rings. The summed E-state index contributed by atoms with van der Waals surface area (Å²) in [7, 11) is 0. The van der Waals surface area contributed by atoms with Gasteiger partial charge in [0.15, 0.2) is 12.3 Å². The van der Waals surface area contributed by atoms with Crippen LogP contribution in [0.1, 0.15) is 16.7 Å². The zero-order valence-electron chi connectivity index (χ0n) is 17.5. The number of aliphatic imine (C=N–C) groups is 1. The Bertz CT molecular complexity index is 1270. The van der Waals surface area contributed by atoms with E-state index in [1.54, 1.807) is 42.5 Å². The number of halogens is 3. The molecule has 0 radical (unpaired) electrons. The van der Waals surface area contributed by atoms with Crippen LogP contribution >= 0.6 is 0 Å². The van der Waals surface area contributed by atoms with Crippen molar-refractivity contribution in [3.8, 4) is 5.75 Å². The summed E-state index contributed by atoms with van der Waals surface area (Å²) in [6.07, 6.45) is -2.94. The summed E-state index contributed by atoms with van der Waals surface area (Å²) in [4.78, 5) is 28.4. The number of carbonyl (C=O) groups is 2. The number of anilines is 1. The van der Waals surface area contributed by atoms with Crippen LogP contribution in [0.5, 0.6) is 5.75 Å². The number of cyclic esters (lactones) is 1. The first-order valence-electron chi connectivity index (χ1n) is 10.1. The summed E-state index contributed by atoms with van der Waals surface area (Å²) >= 11 is 0. The number of ether oxygens (including phenoxy) is 2. The van der Waals surface area contributed by atoms with Crippen molar-refractivity contribution in [1.82, 2.24) is 0 Å². The van der Waals surface area contributed by atoms with Crippen molar-refractivity contribution >= 4 is 29.5 Å². The fourth-order valence-electron chi connectivity index (χ4n) is 3.05. The maximum Gasteiger partial charge on any atom is 0.416 e. The van der Waals surface area contributed by atoms with E-state index in [0.29, 0.717) is 16.9 Å².